The van der Waals surface area contributed by atoms with Crippen molar-refractivity contribution in [1.82, 2.24) is 0 Å². The summed E-state index contributed by atoms with van der Waals surface area (Å²) < 4.78 is 4.80. The number of ketones is 1. The zero-order valence-electron chi connectivity index (χ0n) is 18.9. The number of hydrogen-bond donors (Lipinski definition) is 0. The molecule has 0 aromatic heterocycles. The van der Waals surface area contributed by atoms with Crippen LogP contribution in [-0.2, 0) is 24.5 Å². The van der Waals surface area contributed by atoms with Gasteiger partial charge in [-0.1, -0.05) is 60.1 Å². The molecule has 35 heavy (non-hydrogen) atoms. The fourth-order valence-electron chi connectivity index (χ4n) is 6.54. The number of hydrogen-bond acceptors (Lipinski definition) is 5. The first kappa shape index (κ1) is 21.7. The molecule has 0 saturated carbocycles. The van der Waals surface area contributed by atoms with Gasteiger partial charge in [-0.3, -0.25) is 14.4 Å². The van der Waals surface area contributed by atoms with Crippen LogP contribution >= 0.6 is 11.6 Å². The fourth-order valence-corrected chi connectivity index (χ4v) is 6.74. The van der Waals surface area contributed by atoms with Crippen molar-refractivity contribution in [3.05, 3.63) is 99.6 Å². The molecule has 7 rings (SSSR count). The van der Waals surface area contributed by atoms with E-state index in [-0.39, 0.29) is 28.0 Å². The molecule has 2 atom stereocenters. The highest BCUT2D eigenvalue weighted by molar-refractivity contribution is 6.34. The molecule has 3 aromatic carbocycles. The van der Waals surface area contributed by atoms with E-state index in [1.807, 2.05) is 48.5 Å². The number of rotatable bonds is 3. The van der Waals surface area contributed by atoms with Crippen LogP contribution in [0.5, 0.6) is 0 Å². The Morgan fingerprint density at radius 1 is 0.914 bits per heavy atom. The summed E-state index contributed by atoms with van der Waals surface area (Å²) in [5, 5.41) is 0.150. The SMILES string of the molecule is COC(=O)c1cc(N2C(=O)[C@@H]3C4c5ccccc5C(C(C)=O)(c5ccccc54)[C@H]3C2=O)ccc1Cl. The highest BCUT2D eigenvalue weighted by Crippen LogP contribution is 2.64. The monoisotopic (exact) mass is 485 g/mol. The Balaban J connectivity index is 1.61. The normalized spacial score (nSPS) is 25.7. The highest BCUT2D eigenvalue weighted by atomic mass is 35.5. The van der Waals surface area contributed by atoms with Crippen LogP contribution in [0, 0.1) is 11.8 Å². The maximum absolute atomic E-state index is 14.1. The van der Waals surface area contributed by atoms with Crippen molar-refractivity contribution in [1.29, 1.82) is 0 Å². The number of carbonyl (C=O) groups excluding carboxylic acids is 4. The summed E-state index contributed by atoms with van der Waals surface area (Å²) in [5.41, 5.74) is 2.38. The molecule has 1 heterocycles. The van der Waals surface area contributed by atoms with Crippen LogP contribution < -0.4 is 4.90 Å². The van der Waals surface area contributed by atoms with E-state index in [4.69, 9.17) is 16.3 Å². The summed E-state index contributed by atoms with van der Waals surface area (Å²) in [6.45, 7) is 1.49. The molecule has 3 aromatic rings. The summed E-state index contributed by atoms with van der Waals surface area (Å²) in [7, 11) is 1.23. The van der Waals surface area contributed by atoms with E-state index in [1.165, 1.54) is 32.2 Å². The first-order valence-corrected chi connectivity index (χ1v) is 11.7. The molecule has 1 fully saturated rings. The van der Waals surface area contributed by atoms with Crippen molar-refractivity contribution >= 4 is 40.9 Å². The van der Waals surface area contributed by atoms with E-state index < -0.39 is 35.0 Å². The van der Waals surface area contributed by atoms with E-state index >= 15 is 0 Å². The van der Waals surface area contributed by atoms with Crippen LogP contribution in [0.25, 0.3) is 0 Å². The Kier molecular flexibility index (Phi) is 4.57. The molecule has 1 saturated heterocycles. The molecule has 3 aliphatic carbocycles. The largest absolute Gasteiger partial charge is 0.465 e. The Morgan fingerprint density at radius 2 is 1.51 bits per heavy atom. The maximum Gasteiger partial charge on any atom is 0.339 e. The van der Waals surface area contributed by atoms with E-state index in [0.29, 0.717) is 0 Å². The van der Waals surface area contributed by atoms with Crippen molar-refractivity contribution in [3.63, 3.8) is 0 Å². The van der Waals surface area contributed by atoms with E-state index in [9.17, 15) is 19.2 Å². The molecule has 0 spiro atoms. The van der Waals surface area contributed by atoms with E-state index in [2.05, 4.69) is 0 Å². The molecular weight excluding hydrogens is 466 g/mol. The Bertz CT molecular complexity index is 1430. The first-order valence-electron chi connectivity index (χ1n) is 11.3. The van der Waals surface area contributed by atoms with Crippen molar-refractivity contribution < 1.29 is 23.9 Å². The molecule has 2 bridgehead atoms. The molecule has 1 aliphatic heterocycles. The minimum absolute atomic E-state index is 0.0537. The van der Waals surface area contributed by atoms with Crippen LogP contribution in [0.4, 0.5) is 5.69 Å². The van der Waals surface area contributed by atoms with Crippen LogP contribution in [0.15, 0.2) is 66.7 Å². The van der Waals surface area contributed by atoms with Gasteiger partial charge in [-0.05, 0) is 47.4 Å². The second kappa shape index (κ2) is 7.36. The van der Waals surface area contributed by atoms with Crippen molar-refractivity contribution in [2.45, 2.75) is 18.3 Å². The number of halogens is 1. The number of esters is 1. The molecule has 7 heteroatoms. The van der Waals surface area contributed by atoms with Crippen LogP contribution in [0.1, 0.15) is 45.5 Å². The number of carbonyl (C=O) groups is 4. The maximum atomic E-state index is 14.1. The number of benzene rings is 3. The Hall–Kier alpha value is -3.77. The van der Waals surface area contributed by atoms with Gasteiger partial charge in [0.15, 0.2) is 0 Å². The summed E-state index contributed by atoms with van der Waals surface area (Å²) in [4.78, 5) is 55.1. The summed E-state index contributed by atoms with van der Waals surface area (Å²) in [6, 6.07) is 19.6. The summed E-state index contributed by atoms with van der Waals surface area (Å²) in [6.07, 6.45) is 0. The second-order valence-electron chi connectivity index (χ2n) is 9.19. The smallest absolute Gasteiger partial charge is 0.339 e. The van der Waals surface area contributed by atoms with Crippen LogP contribution in [-0.4, -0.2) is 30.7 Å². The highest BCUT2D eigenvalue weighted by Gasteiger charge is 2.70. The topological polar surface area (TPSA) is 80.8 Å². The standard InChI is InChI=1S/C28H20ClNO5/c1-14(31)28-19-9-5-3-7-16(19)22(17-8-4-6-10-20(17)28)23-24(28)26(33)30(25(23)32)15-11-12-21(29)18(13-15)27(34)35-2/h3-13,22-24H,1-2H3/t22?,23-,24-,28?/m1/s1. The van der Waals surface area contributed by atoms with Gasteiger partial charge in [-0.15, -0.1) is 0 Å². The minimum Gasteiger partial charge on any atom is -0.465 e. The predicted octanol–water partition coefficient (Wildman–Crippen LogP) is 4.27. The second-order valence-corrected chi connectivity index (χ2v) is 9.59. The molecule has 0 radical (unpaired) electrons. The number of methoxy groups -OCH3 is 1. The lowest BCUT2D eigenvalue weighted by molar-refractivity contribution is -0.132. The van der Waals surface area contributed by atoms with Gasteiger partial charge in [-0.25, -0.2) is 9.69 Å². The van der Waals surface area contributed by atoms with Crippen molar-refractivity contribution in [2.75, 3.05) is 12.0 Å². The lowest BCUT2D eigenvalue weighted by atomic mass is 9.46. The Labute approximate surface area is 206 Å². The summed E-state index contributed by atoms with van der Waals surface area (Å²) in [5.74, 6) is -3.69. The van der Waals surface area contributed by atoms with E-state index in [1.54, 1.807) is 0 Å². The number of anilines is 1. The zero-order chi connectivity index (χ0) is 24.6. The van der Waals surface area contributed by atoms with Gasteiger partial charge in [-0.2, -0.15) is 0 Å². The third kappa shape index (κ3) is 2.55. The number of Topliss-reactive ketones (excluding diaryl/α,β-unsaturated/α-hetero) is 1. The van der Waals surface area contributed by atoms with Gasteiger partial charge in [0, 0.05) is 5.92 Å². The van der Waals surface area contributed by atoms with Gasteiger partial charge < -0.3 is 4.74 Å². The van der Waals surface area contributed by atoms with Gasteiger partial charge in [0.1, 0.15) is 5.78 Å². The van der Waals surface area contributed by atoms with Crippen molar-refractivity contribution in [3.8, 4) is 0 Å². The molecular formula is C28H20ClNO5. The number of ether oxygens (including phenoxy) is 1. The number of amides is 2. The predicted molar refractivity (Wildman–Crippen MR) is 128 cm³/mol. The fraction of sp³-hybridized carbons (Fsp3) is 0.214. The quantitative estimate of drug-likeness (QED) is 0.409. The lowest BCUT2D eigenvalue weighted by Gasteiger charge is -2.52. The van der Waals surface area contributed by atoms with Gasteiger partial charge in [0.25, 0.3) is 0 Å². The summed E-state index contributed by atoms with van der Waals surface area (Å²) >= 11 is 6.18. The molecule has 0 N–H and O–H groups in total. The van der Waals surface area contributed by atoms with Gasteiger partial charge >= 0.3 is 5.97 Å². The molecule has 2 amide bonds. The minimum atomic E-state index is -1.27. The molecule has 6 nitrogen and oxygen atoms in total. The Morgan fingerprint density at radius 3 is 2.09 bits per heavy atom. The van der Waals surface area contributed by atoms with Crippen molar-refractivity contribution in [2.24, 2.45) is 11.8 Å². The van der Waals surface area contributed by atoms with Gasteiger partial charge in [0.2, 0.25) is 11.8 Å². The number of imide groups is 1. The van der Waals surface area contributed by atoms with Crippen LogP contribution in [0.2, 0.25) is 5.02 Å². The average Bonchev–Trinajstić information content (AvgIpc) is 3.14. The lowest BCUT2D eigenvalue weighted by Crippen LogP contribution is -2.57. The van der Waals surface area contributed by atoms with Crippen LogP contribution in [0.3, 0.4) is 0 Å². The zero-order valence-corrected chi connectivity index (χ0v) is 19.7. The van der Waals surface area contributed by atoms with Gasteiger partial charge in [0.05, 0.1) is 40.6 Å². The molecule has 0 unspecified atom stereocenters. The molecule has 4 aliphatic rings. The first-order chi connectivity index (χ1) is 16.8. The number of nitrogens with zero attached hydrogens (tertiary/aromatic N) is 1. The average molecular weight is 486 g/mol. The third-order valence-corrected chi connectivity index (χ3v) is 8.12. The van der Waals surface area contributed by atoms with E-state index in [0.717, 1.165) is 27.2 Å². The third-order valence-electron chi connectivity index (χ3n) is 7.79. The molecule has 174 valence electrons.